The van der Waals surface area contributed by atoms with Crippen molar-refractivity contribution in [2.24, 2.45) is 17.8 Å². The summed E-state index contributed by atoms with van der Waals surface area (Å²) in [5.41, 5.74) is 0. The van der Waals surface area contributed by atoms with Gasteiger partial charge in [-0.2, -0.15) is 0 Å². The molecule has 12 heteroatoms. The Bertz CT molecular complexity index is 905. The van der Waals surface area contributed by atoms with Gasteiger partial charge >= 0.3 is 0 Å². The molecule has 0 aromatic rings. The van der Waals surface area contributed by atoms with Crippen molar-refractivity contribution in [3.05, 3.63) is 0 Å². The molecule has 1 saturated carbocycles. The lowest BCUT2D eigenvalue weighted by atomic mass is 9.74. The van der Waals surface area contributed by atoms with E-state index in [9.17, 15) is 14.7 Å². The fourth-order valence-corrected chi connectivity index (χ4v) is 7.32. The summed E-state index contributed by atoms with van der Waals surface area (Å²) >= 11 is 0. The average Bonchev–Trinajstić information content (AvgIpc) is 3.36. The minimum atomic E-state index is -0.601. The van der Waals surface area contributed by atoms with E-state index in [1.165, 1.54) is 6.42 Å². The fraction of sp³-hybridized carbons (Fsp3) is 0.933. The second-order valence-electron chi connectivity index (χ2n) is 13.8. The number of carbonyl (C=O) groups excluding carboxylic acids is 2. The number of hydrogen-bond acceptors (Lipinski definition) is 10. The molecule has 0 aromatic heterocycles. The zero-order chi connectivity index (χ0) is 29.8. The normalized spacial score (nSPS) is 36.9. The number of likely N-dealkylation sites (tertiary alicyclic amines) is 2. The molecule has 2 amide bonds. The van der Waals surface area contributed by atoms with Gasteiger partial charge in [-0.05, 0) is 56.9 Å². The molecule has 5 fully saturated rings. The summed E-state index contributed by atoms with van der Waals surface area (Å²) in [7, 11) is 0. The van der Waals surface area contributed by atoms with Crippen molar-refractivity contribution in [1.29, 1.82) is 0 Å². The number of aliphatic hydroxyl groups is 1. The Kier molecular flexibility index (Phi) is 11.1. The molecule has 42 heavy (non-hydrogen) atoms. The summed E-state index contributed by atoms with van der Waals surface area (Å²) in [6.45, 7) is 13.5. The van der Waals surface area contributed by atoms with E-state index in [2.05, 4.69) is 52.3 Å². The lowest BCUT2D eigenvalue weighted by Gasteiger charge is -2.45. The van der Waals surface area contributed by atoms with Crippen LogP contribution in [-0.4, -0.2) is 128 Å². The Morgan fingerprint density at radius 2 is 1.90 bits per heavy atom. The number of β-amino-alcohol motifs (C(OH)–C–C–N with tert-alkyl or cyclic N) is 1. The molecule has 5 aliphatic rings. The van der Waals surface area contributed by atoms with Crippen LogP contribution in [0.2, 0.25) is 0 Å². The minimum absolute atomic E-state index is 0.000640. The summed E-state index contributed by atoms with van der Waals surface area (Å²) in [6, 6.07) is 0.239. The number of ether oxygens (including phenoxy) is 2. The zero-order valence-corrected chi connectivity index (χ0v) is 26.0. The minimum Gasteiger partial charge on any atom is -0.390 e. The van der Waals surface area contributed by atoms with E-state index in [1.54, 1.807) is 6.92 Å². The van der Waals surface area contributed by atoms with Crippen LogP contribution < -0.4 is 26.6 Å². The molecular weight excluding hydrogens is 538 g/mol. The van der Waals surface area contributed by atoms with Gasteiger partial charge in [-0.3, -0.25) is 30.9 Å². The molecule has 240 valence electrons. The van der Waals surface area contributed by atoms with E-state index in [0.717, 1.165) is 32.4 Å². The van der Waals surface area contributed by atoms with E-state index < -0.39 is 6.10 Å². The Morgan fingerprint density at radius 3 is 2.62 bits per heavy atom. The van der Waals surface area contributed by atoms with Gasteiger partial charge in [-0.1, -0.05) is 13.8 Å². The number of nitrogens with zero attached hydrogens (tertiary/aromatic N) is 2. The lowest BCUT2D eigenvalue weighted by Crippen LogP contribution is -2.71. The molecule has 9 atom stereocenters. The van der Waals surface area contributed by atoms with Gasteiger partial charge in [0.2, 0.25) is 11.8 Å². The van der Waals surface area contributed by atoms with Crippen LogP contribution in [0.3, 0.4) is 0 Å². The third-order valence-electron chi connectivity index (χ3n) is 10.1. The highest BCUT2D eigenvalue weighted by atomic mass is 16.5. The van der Waals surface area contributed by atoms with E-state index in [-0.39, 0.29) is 48.9 Å². The average molecular weight is 594 g/mol. The van der Waals surface area contributed by atoms with Crippen LogP contribution in [0.5, 0.6) is 0 Å². The largest absolute Gasteiger partial charge is 0.390 e. The van der Waals surface area contributed by atoms with E-state index in [4.69, 9.17) is 9.47 Å². The zero-order valence-electron chi connectivity index (χ0n) is 26.0. The van der Waals surface area contributed by atoms with Gasteiger partial charge in [0.25, 0.3) is 0 Å². The van der Waals surface area contributed by atoms with Crippen LogP contribution in [-0.2, 0) is 19.1 Å². The van der Waals surface area contributed by atoms with Crippen molar-refractivity contribution in [2.45, 2.75) is 109 Å². The maximum atomic E-state index is 13.2. The standard InChI is InChI=1S/C30H55N7O5/c1-18(2)29-34-26(10-28(35-29)33-23-13-37(14-23)20(4)38)30(40)31-11-24(39)15-36-8-7-21-9-25(6-5-22(21)12-36)41-16-27-19(3)32-17-42-27/h18-19,21-29,32-35,39H,5-17H2,1-4H3,(H,31,40)/t19?,21?,22?,24-,25?,26?,27?,28?,29?/m0/s1. The van der Waals surface area contributed by atoms with Crippen molar-refractivity contribution in [3.63, 3.8) is 0 Å². The van der Waals surface area contributed by atoms with Gasteiger partial charge < -0.3 is 29.7 Å². The molecule has 0 spiro atoms. The number of carbonyl (C=O) groups is 2. The van der Waals surface area contributed by atoms with E-state index >= 15 is 0 Å². The molecule has 0 aromatic carbocycles. The molecule has 4 aliphatic heterocycles. The molecular formula is C30H55N7O5. The molecule has 0 bridgehead atoms. The summed E-state index contributed by atoms with van der Waals surface area (Å²) in [6.07, 6.45) is 4.98. The quantitative estimate of drug-likeness (QED) is 0.184. The Labute approximate surface area is 251 Å². The molecule has 6 N–H and O–H groups in total. The molecule has 1 aliphatic carbocycles. The first-order chi connectivity index (χ1) is 20.1. The van der Waals surface area contributed by atoms with Crippen molar-refractivity contribution in [1.82, 2.24) is 36.4 Å². The van der Waals surface area contributed by atoms with Gasteiger partial charge in [-0.15, -0.1) is 0 Å². The molecule has 4 saturated heterocycles. The number of piperidine rings is 1. The van der Waals surface area contributed by atoms with Gasteiger partial charge in [0.05, 0.1) is 50.0 Å². The first-order valence-electron chi connectivity index (χ1n) is 16.3. The van der Waals surface area contributed by atoms with Crippen molar-refractivity contribution >= 4 is 11.8 Å². The molecule has 8 unspecified atom stereocenters. The number of amides is 2. The third kappa shape index (κ3) is 8.41. The van der Waals surface area contributed by atoms with Crippen molar-refractivity contribution in [3.8, 4) is 0 Å². The van der Waals surface area contributed by atoms with Crippen molar-refractivity contribution in [2.75, 3.05) is 52.6 Å². The van der Waals surface area contributed by atoms with Crippen LogP contribution >= 0.6 is 0 Å². The van der Waals surface area contributed by atoms with Gasteiger partial charge in [0.1, 0.15) is 0 Å². The van der Waals surface area contributed by atoms with Gasteiger partial charge in [0, 0.05) is 58.2 Å². The number of hydrogen-bond donors (Lipinski definition) is 6. The second kappa shape index (κ2) is 14.6. The predicted octanol–water partition coefficient (Wildman–Crippen LogP) is -0.615. The maximum absolute atomic E-state index is 13.2. The highest BCUT2D eigenvalue weighted by Gasteiger charge is 2.38. The SMILES string of the molecule is CC(=O)N1CC(NC2CC(C(=O)NC[C@H](O)CN3CCC4CC(OCC5OCNC5C)CCC4C3)NC(C(C)C)N2)C1. The highest BCUT2D eigenvalue weighted by Crippen LogP contribution is 2.37. The number of aliphatic hydroxyl groups excluding tert-OH is 1. The molecule has 5 rings (SSSR count). The fourth-order valence-electron chi connectivity index (χ4n) is 7.32. The lowest BCUT2D eigenvalue weighted by molar-refractivity contribution is -0.133. The summed E-state index contributed by atoms with van der Waals surface area (Å²) in [4.78, 5) is 28.9. The monoisotopic (exact) mass is 593 g/mol. The van der Waals surface area contributed by atoms with Crippen molar-refractivity contribution < 1.29 is 24.2 Å². The predicted molar refractivity (Wildman–Crippen MR) is 159 cm³/mol. The maximum Gasteiger partial charge on any atom is 0.237 e. The molecule has 0 radical (unpaired) electrons. The van der Waals surface area contributed by atoms with Crippen LogP contribution in [0.15, 0.2) is 0 Å². The second-order valence-corrected chi connectivity index (χ2v) is 13.8. The van der Waals surface area contributed by atoms with Crippen LogP contribution in [0.25, 0.3) is 0 Å². The Balaban J connectivity index is 1.00. The van der Waals surface area contributed by atoms with Gasteiger partial charge in [-0.25, -0.2) is 0 Å². The van der Waals surface area contributed by atoms with Crippen LogP contribution in [0, 0.1) is 17.8 Å². The van der Waals surface area contributed by atoms with Crippen LogP contribution in [0.4, 0.5) is 0 Å². The first-order valence-corrected chi connectivity index (χ1v) is 16.3. The highest BCUT2D eigenvalue weighted by molar-refractivity contribution is 5.82. The smallest absolute Gasteiger partial charge is 0.237 e. The Hall–Kier alpha value is -1.38. The van der Waals surface area contributed by atoms with Crippen LogP contribution in [0.1, 0.15) is 59.8 Å². The van der Waals surface area contributed by atoms with E-state index in [1.807, 2.05) is 4.90 Å². The topological polar surface area (TPSA) is 139 Å². The molecule has 4 heterocycles. The first kappa shape index (κ1) is 32.0. The number of nitrogens with one attached hydrogen (secondary N) is 5. The summed E-state index contributed by atoms with van der Waals surface area (Å²) in [5, 5.41) is 27.7. The molecule has 12 nitrogen and oxygen atoms in total. The van der Waals surface area contributed by atoms with Gasteiger partial charge in [0.15, 0.2) is 0 Å². The third-order valence-corrected chi connectivity index (χ3v) is 10.1. The van der Waals surface area contributed by atoms with E-state index in [0.29, 0.717) is 69.3 Å². The summed E-state index contributed by atoms with van der Waals surface area (Å²) < 4.78 is 12.0. The Morgan fingerprint density at radius 1 is 1.10 bits per heavy atom. The number of fused-ring (bicyclic) bond motifs is 1. The number of rotatable bonds is 11. The summed E-state index contributed by atoms with van der Waals surface area (Å²) in [5.74, 6) is 1.67.